The monoisotopic (exact) mass is 273 g/mol. The van der Waals surface area contributed by atoms with E-state index in [2.05, 4.69) is 56.9 Å². The van der Waals surface area contributed by atoms with E-state index in [4.69, 9.17) is 0 Å². The second-order valence-electron chi connectivity index (χ2n) is 7.62. The molecule has 1 fully saturated rings. The first kappa shape index (κ1) is 15.6. The van der Waals surface area contributed by atoms with Crippen molar-refractivity contribution in [1.29, 1.82) is 0 Å². The van der Waals surface area contributed by atoms with E-state index in [1.165, 1.54) is 56.4 Å². The fourth-order valence-corrected chi connectivity index (χ4v) is 3.21. The van der Waals surface area contributed by atoms with Gasteiger partial charge < -0.3 is 4.90 Å². The van der Waals surface area contributed by atoms with E-state index >= 15 is 0 Å². The number of hydrogen-bond donors (Lipinski definition) is 0. The molecule has 112 valence electrons. The van der Waals surface area contributed by atoms with Crippen LogP contribution in [0.4, 0.5) is 0 Å². The van der Waals surface area contributed by atoms with Crippen LogP contribution >= 0.6 is 0 Å². The number of rotatable bonds is 4. The van der Waals surface area contributed by atoms with Gasteiger partial charge in [0.1, 0.15) is 0 Å². The fourth-order valence-electron chi connectivity index (χ4n) is 3.21. The van der Waals surface area contributed by atoms with Crippen LogP contribution in [-0.2, 0) is 11.8 Å². The van der Waals surface area contributed by atoms with Crippen molar-refractivity contribution in [2.75, 3.05) is 19.6 Å². The van der Waals surface area contributed by atoms with Gasteiger partial charge in [0, 0.05) is 6.54 Å². The van der Waals surface area contributed by atoms with E-state index in [0.717, 1.165) is 5.92 Å². The van der Waals surface area contributed by atoms with Gasteiger partial charge in [-0.1, -0.05) is 58.4 Å². The van der Waals surface area contributed by atoms with Crippen LogP contribution in [0, 0.1) is 5.92 Å². The van der Waals surface area contributed by atoms with Crippen molar-refractivity contribution in [3.05, 3.63) is 35.4 Å². The van der Waals surface area contributed by atoms with Gasteiger partial charge in [-0.15, -0.1) is 0 Å². The molecule has 1 aliphatic heterocycles. The first-order chi connectivity index (χ1) is 9.45. The molecule has 1 aromatic carbocycles. The summed E-state index contributed by atoms with van der Waals surface area (Å²) in [6.45, 7) is 13.2. The molecule has 1 aromatic rings. The maximum absolute atomic E-state index is 2.65. The van der Waals surface area contributed by atoms with Crippen LogP contribution in [0.3, 0.4) is 0 Å². The highest BCUT2D eigenvalue weighted by molar-refractivity contribution is 5.28. The molecular formula is C19H31N. The molecule has 1 saturated heterocycles. The van der Waals surface area contributed by atoms with Gasteiger partial charge in [0.15, 0.2) is 0 Å². The van der Waals surface area contributed by atoms with E-state index in [1.54, 1.807) is 0 Å². The second kappa shape index (κ2) is 6.76. The summed E-state index contributed by atoms with van der Waals surface area (Å²) in [4.78, 5) is 2.65. The predicted molar refractivity (Wildman–Crippen MR) is 88.3 cm³/mol. The topological polar surface area (TPSA) is 3.24 Å². The Balaban J connectivity index is 1.92. The number of piperidine rings is 1. The summed E-state index contributed by atoms with van der Waals surface area (Å²) in [6, 6.07) is 9.19. The van der Waals surface area contributed by atoms with Gasteiger partial charge in [-0.3, -0.25) is 0 Å². The van der Waals surface area contributed by atoms with Crippen LogP contribution in [0.5, 0.6) is 0 Å². The van der Waals surface area contributed by atoms with Gasteiger partial charge in [-0.05, 0) is 54.8 Å². The third kappa shape index (κ3) is 4.63. The average Bonchev–Trinajstić information content (AvgIpc) is 2.39. The molecule has 0 aliphatic carbocycles. The molecule has 0 N–H and O–H groups in total. The standard InChI is InChI=1S/C19H31N/c1-16(15-20-11-6-5-7-12-20)13-17-9-8-10-18(14-17)19(2,3)4/h8-10,14,16H,5-7,11-13,15H2,1-4H3. The quantitative estimate of drug-likeness (QED) is 0.772. The van der Waals surface area contributed by atoms with Crippen LogP contribution in [0.25, 0.3) is 0 Å². The molecular weight excluding hydrogens is 242 g/mol. The Morgan fingerprint density at radius 3 is 2.45 bits per heavy atom. The molecule has 20 heavy (non-hydrogen) atoms. The molecule has 1 nitrogen and oxygen atoms in total. The lowest BCUT2D eigenvalue weighted by molar-refractivity contribution is 0.200. The van der Waals surface area contributed by atoms with Gasteiger partial charge in [-0.2, -0.15) is 0 Å². The van der Waals surface area contributed by atoms with E-state index < -0.39 is 0 Å². The number of hydrogen-bond acceptors (Lipinski definition) is 1. The lowest BCUT2D eigenvalue weighted by Crippen LogP contribution is -2.34. The summed E-state index contributed by atoms with van der Waals surface area (Å²) in [7, 11) is 0. The molecule has 0 aromatic heterocycles. The van der Waals surface area contributed by atoms with Crippen LogP contribution in [0.1, 0.15) is 58.1 Å². The van der Waals surface area contributed by atoms with Crippen molar-refractivity contribution in [2.24, 2.45) is 5.92 Å². The van der Waals surface area contributed by atoms with Crippen LogP contribution in [0.15, 0.2) is 24.3 Å². The lowest BCUT2D eigenvalue weighted by atomic mass is 9.85. The largest absolute Gasteiger partial charge is 0.303 e. The first-order valence-electron chi connectivity index (χ1n) is 8.27. The minimum absolute atomic E-state index is 0.256. The predicted octanol–water partition coefficient (Wildman–Crippen LogP) is 4.65. The zero-order valence-corrected chi connectivity index (χ0v) is 13.8. The SMILES string of the molecule is CC(Cc1cccc(C(C)(C)C)c1)CN1CCCCC1. The second-order valence-corrected chi connectivity index (χ2v) is 7.62. The molecule has 1 heterocycles. The number of benzene rings is 1. The molecule has 0 bridgehead atoms. The highest BCUT2D eigenvalue weighted by atomic mass is 15.1. The normalized spacial score (nSPS) is 19.0. The van der Waals surface area contributed by atoms with Crippen LogP contribution in [-0.4, -0.2) is 24.5 Å². The summed E-state index contributed by atoms with van der Waals surface area (Å²) >= 11 is 0. The van der Waals surface area contributed by atoms with Gasteiger partial charge in [-0.25, -0.2) is 0 Å². The molecule has 0 saturated carbocycles. The van der Waals surface area contributed by atoms with Gasteiger partial charge in [0.2, 0.25) is 0 Å². The minimum atomic E-state index is 0.256. The van der Waals surface area contributed by atoms with E-state index in [9.17, 15) is 0 Å². The fraction of sp³-hybridized carbons (Fsp3) is 0.684. The molecule has 1 heteroatoms. The number of likely N-dealkylation sites (tertiary alicyclic amines) is 1. The Morgan fingerprint density at radius 1 is 1.10 bits per heavy atom. The molecule has 0 radical (unpaired) electrons. The summed E-state index contributed by atoms with van der Waals surface area (Å²) < 4.78 is 0. The Morgan fingerprint density at radius 2 is 1.80 bits per heavy atom. The Hall–Kier alpha value is -0.820. The van der Waals surface area contributed by atoms with Gasteiger partial charge in [0.05, 0.1) is 0 Å². The summed E-state index contributed by atoms with van der Waals surface area (Å²) in [6.07, 6.45) is 5.43. The smallest absolute Gasteiger partial charge is 0.00102 e. The third-order valence-corrected chi connectivity index (χ3v) is 4.40. The zero-order valence-electron chi connectivity index (χ0n) is 13.8. The molecule has 2 rings (SSSR count). The maximum atomic E-state index is 2.65. The Labute approximate surface area is 125 Å². The van der Waals surface area contributed by atoms with Gasteiger partial charge >= 0.3 is 0 Å². The Kier molecular flexibility index (Phi) is 5.26. The Bertz CT molecular complexity index is 410. The third-order valence-electron chi connectivity index (χ3n) is 4.40. The van der Waals surface area contributed by atoms with Crippen molar-refractivity contribution >= 4 is 0 Å². The average molecular weight is 273 g/mol. The maximum Gasteiger partial charge on any atom is 0.00102 e. The van der Waals surface area contributed by atoms with Crippen molar-refractivity contribution in [2.45, 2.75) is 58.8 Å². The minimum Gasteiger partial charge on any atom is -0.303 e. The van der Waals surface area contributed by atoms with Crippen LogP contribution < -0.4 is 0 Å². The van der Waals surface area contributed by atoms with Crippen LogP contribution in [0.2, 0.25) is 0 Å². The first-order valence-corrected chi connectivity index (χ1v) is 8.27. The highest BCUT2D eigenvalue weighted by Gasteiger charge is 2.16. The molecule has 1 unspecified atom stereocenters. The molecule has 0 spiro atoms. The van der Waals surface area contributed by atoms with E-state index in [0.29, 0.717) is 0 Å². The molecule has 0 amide bonds. The number of nitrogens with zero attached hydrogens (tertiary/aromatic N) is 1. The summed E-state index contributed by atoms with van der Waals surface area (Å²) in [5, 5.41) is 0. The van der Waals surface area contributed by atoms with E-state index in [-0.39, 0.29) is 5.41 Å². The highest BCUT2D eigenvalue weighted by Crippen LogP contribution is 2.24. The molecule has 1 atom stereocenters. The summed E-state index contributed by atoms with van der Waals surface area (Å²) in [5.74, 6) is 0.753. The summed E-state index contributed by atoms with van der Waals surface area (Å²) in [5.41, 5.74) is 3.22. The van der Waals surface area contributed by atoms with Crippen molar-refractivity contribution in [3.8, 4) is 0 Å². The van der Waals surface area contributed by atoms with Crippen molar-refractivity contribution in [3.63, 3.8) is 0 Å². The molecule has 1 aliphatic rings. The van der Waals surface area contributed by atoms with Crippen molar-refractivity contribution < 1.29 is 0 Å². The van der Waals surface area contributed by atoms with E-state index in [1.807, 2.05) is 0 Å². The zero-order chi connectivity index (χ0) is 14.6. The lowest BCUT2D eigenvalue weighted by Gasteiger charge is -2.29. The van der Waals surface area contributed by atoms with Crippen molar-refractivity contribution in [1.82, 2.24) is 4.90 Å². The van der Waals surface area contributed by atoms with Gasteiger partial charge in [0.25, 0.3) is 0 Å².